The molecule has 0 aliphatic heterocycles. The Bertz CT molecular complexity index is 733. The Morgan fingerprint density at radius 3 is 2.64 bits per heavy atom. The first-order chi connectivity index (χ1) is 11.7. The van der Waals surface area contributed by atoms with Crippen LogP contribution in [-0.4, -0.2) is 56.0 Å². The smallest absolute Gasteiger partial charge is 0.406 e. The van der Waals surface area contributed by atoms with Gasteiger partial charge in [-0.3, -0.25) is 4.90 Å². The number of nitrogens with zero attached hydrogens (tertiary/aromatic N) is 3. The molecule has 2 amide bonds. The zero-order chi connectivity index (χ0) is 18.6. The third-order valence-electron chi connectivity index (χ3n) is 3.16. The summed E-state index contributed by atoms with van der Waals surface area (Å²) in [7, 11) is 3.77. The Balaban J connectivity index is 2.30. The zero-order valence-corrected chi connectivity index (χ0v) is 14.9. The standard InChI is InChI=1S/C15H19F3N4O2S/c1-4-19-13(23)22(8-7-21(2)3)14-20-11-6-5-10(9-12(11)25-14)24-15(16,17)18/h5-6,9H,4,7-8H2,1-3H3,(H,19,23). The highest BCUT2D eigenvalue weighted by atomic mass is 32.1. The number of hydrogen-bond donors (Lipinski definition) is 1. The summed E-state index contributed by atoms with van der Waals surface area (Å²) in [5, 5.41) is 3.14. The number of fused-ring (bicyclic) bond motifs is 1. The van der Waals surface area contributed by atoms with E-state index in [2.05, 4.69) is 15.0 Å². The van der Waals surface area contributed by atoms with E-state index >= 15 is 0 Å². The van der Waals surface area contributed by atoms with Crippen LogP contribution in [0.25, 0.3) is 10.2 Å². The van der Waals surface area contributed by atoms with Crippen LogP contribution in [0, 0.1) is 0 Å². The number of carbonyl (C=O) groups excluding carboxylic acids is 1. The van der Waals surface area contributed by atoms with Crippen molar-refractivity contribution in [2.75, 3.05) is 38.6 Å². The van der Waals surface area contributed by atoms with Crippen molar-refractivity contribution in [3.8, 4) is 5.75 Å². The molecular weight excluding hydrogens is 357 g/mol. The molecule has 1 heterocycles. The molecule has 0 unspecified atom stereocenters. The van der Waals surface area contributed by atoms with Crippen molar-refractivity contribution in [1.29, 1.82) is 0 Å². The molecule has 0 bridgehead atoms. The zero-order valence-electron chi connectivity index (χ0n) is 14.1. The maximum atomic E-state index is 12.3. The molecule has 6 nitrogen and oxygen atoms in total. The van der Waals surface area contributed by atoms with E-state index in [1.807, 2.05) is 19.0 Å². The van der Waals surface area contributed by atoms with E-state index in [1.54, 1.807) is 6.92 Å². The normalized spacial score (nSPS) is 11.8. The molecule has 1 aromatic carbocycles. The van der Waals surface area contributed by atoms with Crippen molar-refractivity contribution in [3.63, 3.8) is 0 Å². The van der Waals surface area contributed by atoms with E-state index in [9.17, 15) is 18.0 Å². The van der Waals surface area contributed by atoms with Crippen molar-refractivity contribution in [1.82, 2.24) is 15.2 Å². The van der Waals surface area contributed by atoms with Crippen LogP contribution in [0.4, 0.5) is 23.1 Å². The molecule has 0 fully saturated rings. The van der Waals surface area contributed by atoms with E-state index < -0.39 is 6.36 Å². The fourth-order valence-corrected chi connectivity index (χ4v) is 3.05. The number of halogens is 3. The average molecular weight is 376 g/mol. The lowest BCUT2D eigenvalue weighted by Gasteiger charge is -2.21. The SMILES string of the molecule is CCNC(=O)N(CCN(C)C)c1nc2ccc(OC(F)(F)F)cc2s1. The third-order valence-corrected chi connectivity index (χ3v) is 4.20. The summed E-state index contributed by atoms with van der Waals surface area (Å²) < 4.78 is 41.5. The first kappa shape index (κ1) is 19.3. The minimum atomic E-state index is -4.75. The molecule has 1 aromatic heterocycles. The number of rotatable bonds is 6. The van der Waals surface area contributed by atoms with E-state index in [0.29, 0.717) is 35.0 Å². The van der Waals surface area contributed by atoms with Crippen LogP contribution in [-0.2, 0) is 0 Å². The van der Waals surface area contributed by atoms with Gasteiger partial charge in [0.25, 0.3) is 0 Å². The Morgan fingerprint density at radius 2 is 2.04 bits per heavy atom. The minimum Gasteiger partial charge on any atom is -0.406 e. The number of amides is 2. The number of urea groups is 1. The van der Waals surface area contributed by atoms with Gasteiger partial charge in [-0.05, 0) is 33.2 Å². The molecule has 10 heteroatoms. The average Bonchev–Trinajstić information content (AvgIpc) is 2.88. The summed E-state index contributed by atoms with van der Waals surface area (Å²) in [5.41, 5.74) is 0.508. The van der Waals surface area contributed by atoms with Crippen LogP contribution in [0.1, 0.15) is 6.92 Å². The lowest BCUT2D eigenvalue weighted by molar-refractivity contribution is -0.274. The Kier molecular flexibility index (Phi) is 6.07. The minimum absolute atomic E-state index is 0.296. The van der Waals surface area contributed by atoms with Crippen LogP contribution < -0.4 is 15.0 Å². The molecule has 0 radical (unpaired) electrons. The molecule has 0 saturated heterocycles. The monoisotopic (exact) mass is 376 g/mol. The number of aromatic nitrogens is 1. The van der Waals surface area contributed by atoms with Gasteiger partial charge in [-0.25, -0.2) is 9.78 Å². The van der Waals surface area contributed by atoms with Crippen LogP contribution >= 0.6 is 11.3 Å². The fourth-order valence-electron chi connectivity index (χ4n) is 2.04. The fraction of sp³-hybridized carbons (Fsp3) is 0.467. The molecule has 0 spiro atoms. The molecule has 0 atom stereocenters. The van der Waals surface area contributed by atoms with Gasteiger partial charge < -0.3 is 15.0 Å². The van der Waals surface area contributed by atoms with Gasteiger partial charge in [0.2, 0.25) is 0 Å². The quantitative estimate of drug-likeness (QED) is 0.841. The molecule has 25 heavy (non-hydrogen) atoms. The van der Waals surface area contributed by atoms with Crippen molar-refractivity contribution >= 4 is 32.7 Å². The van der Waals surface area contributed by atoms with Crippen molar-refractivity contribution in [3.05, 3.63) is 18.2 Å². The van der Waals surface area contributed by atoms with E-state index in [-0.39, 0.29) is 11.8 Å². The Morgan fingerprint density at radius 1 is 1.32 bits per heavy atom. The van der Waals surface area contributed by atoms with Gasteiger partial charge in [0.15, 0.2) is 5.13 Å². The van der Waals surface area contributed by atoms with Gasteiger partial charge in [0, 0.05) is 25.7 Å². The summed E-state index contributed by atoms with van der Waals surface area (Å²) in [6.07, 6.45) is -4.75. The van der Waals surface area contributed by atoms with E-state index in [0.717, 1.165) is 11.3 Å². The van der Waals surface area contributed by atoms with E-state index in [1.165, 1.54) is 23.1 Å². The second-order valence-electron chi connectivity index (χ2n) is 5.46. The predicted molar refractivity (Wildman–Crippen MR) is 91.3 cm³/mol. The van der Waals surface area contributed by atoms with Gasteiger partial charge in [0.05, 0.1) is 10.2 Å². The molecule has 0 aliphatic rings. The molecule has 1 N–H and O–H groups in total. The van der Waals surface area contributed by atoms with Crippen molar-refractivity contribution < 1.29 is 22.7 Å². The number of ether oxygens (including phenoxy) is 1. The van der Waals surface area contributed by atoms with Gasteiger partial charge in [0.1, 0.15) is 5.75 Å². The summed E-state index contributed by atoms with van der Waals surface area (Å²) in [6, 6.07) is 3.62. The van der Waals surface area contributed by atoms with Gasteiger partial charge in [-0.2, -0.15) is 0 Å². The van der Waals surface area contributed by atoms with Crippen molar-refractivity contribution in [2.24, 2.45) is 0 Å². The van der Waals surface area contributed by atoms with Crippen LogP contribution in [0.5, 0.6) is 5.75 Å². The Hall–Kier alpha value is -2.07. The number of nitrogens with one attached hydrogen (secondary N) is 1. The Labute approximate surface area is 147 Å². The number of carbonyl (C=O) groups is 1. The number of hydrogen-bond acceptors (Lipinski definition) is 5. The van der Waals surface area contributed by atoms with E-state index in [4.69, 9.17) is 0 Å². The summed E-state index contributed by atoms with van der Waals surface area (Å²) in [6.45, 7) is 3.30. The van der Waals surface area contributed by atoms with Crippen LogP contribution in [0.3, 0.4) is 0 Å². The second kappa shape index (κ2) is 7.87. The molecule has 2 aromatic rings. The number of likely N-dealkylation sites (N-methyl/N-ethyl adjacent to an activating group) is 1. The van der Waals surface area contributed by atoms with Gasteiger partial charge in [-0.15, -0.1) is 13.2 Å². The molecule has 0 saturated carbocycles. The van der Waals surface area contributed by atoms with Gasteiger partial charge in [-0.1, -0.05) is 11.3 Å². The highest BCUT2D eigenvalue weighted by molar-refractivity contribution is 7.22. The number of thiazole rings is 1. The van der Waals surface area contributed by atoms with Crippen LogP contribution in [0.15, 0.2) is 18.2 Å². The lowest BCUT2D eigenvalue weighted by Crippen LogP contribution is -2.43. The molecule has 2 rings (SSSR count). The topological polar surface area (TPSA) is 57.7 Å². The number of anilines is 1. The molecular formula is C15H19F3N4O2S. The maximum absolute atomic E-state index is 12.3. The number of alkyl halides is 3. The second-order valence-corrected chi connectivity index (χ2v) is 6.47. The summed E-state index contributed by atoms with van der Waals surface area (Å²) in [5.74, 6) is -0.312. The molecule has 0 aliphatic carbocycles. The van der Waals surface area contributed by atoms with Crippen LogP contribution in [0.2, 0.25) is 0 Å². The first-order valence-corrected chi connectivity index (χ1v) is 8.37. The maximum Gasteiger partial charge on any atom is 0.573 e. The number of benzene rings is 1. The largest absolute Gasteiger partial charge is 0.573 e. The van der Waals surface area contributed by atoms with Crippen molar-refractivity contribution in [2.45, 2.75) is 13.3 Å². The highest BCUT2D eigenvalue weighted by Gasteiger charge is 2.31. The highest BCUT2D eigenvalue weighted by Crippen LogP contribution is 2.33. The summed E-state index contributed by atoms with van der Waals surface area (Å²) >= 11 is 1.14. The lowest BCUT2D eigenvalue weighted by atomic mass is 10.3. The first-order valence-electron chi connectivity index (χ1n) is 7.56. The van der Waals surface area contributed by atoms with Gasteiger partial charge >= 0.3 is 12.4 Å². The summed E-state index contributed by atoms with van der Waals surface area (Å²) in [4.78, 5) is 20.0. The predicted octanol–water partition coefficient (Wildman–Crippen LogP) is 3.29. The third kappa shape index (κ3) is 5.46. The molecule has 138 valence electrons.